The average Bonchev–Trinajstić information content (AvgIpc) is 2.84. The van der Waals surface area contributed by atoms with Gasteiger partial charge in [0.15, 0.2) is 0 Å². The molecule has 2 aromatic carbocycles. The lowest BCUT2D eigenvalue weighted by molar-refractivity contribution is -0.125. The highest BCUT2D eigenvalue weighted by Crippen LogP contribution is 2.23. The van der Waals surface area contributed by atoms with Gasteiger partial charge in [0.05, 0.1) is 18.2 Å². The molecule has 3 aromatic rings. The Labute approximate surface area is 191 Å². The molecule has 1 atom stereocenters. The maximum Gasteiger partial charge on any atom is 0.271 e. The van der Waals surface area contributed by atoms with Crippen LogP contribution in [0.25, 0.3) is 5.69 Å². The van der Waals surface area contributed by atoms with E-state index in [0.29, 0.717) is 31.2 Å². The maximum absolute atomic E-state index is 13.3. The lowest BCUT2D eigenvalue weighted by Crippen LogP contribution is -2.43. The van der Waals surface area contributed by atoms with Crippen molar-refractivity contribution in [1.29, 1.82) is 0 Å². The van der Waals surface area contributed by atoms with Crippen molar-refractivity contribution in [2.24, 2.45) is 5.92 Å². The van der Waals surface area contributed by atoms with Crippen LogP contribution in [0.2, 0.25) is 0 Å². The number of rotatable bonds is 7. The highest BCUT2D eigenvalue weighted by atomic mass is 19.1. The molecule has 1 fully saturated rings. The monoisotopic (exact) mass is 450 g/mol. The Hall–Kier alpha value is -3.68. The van der Waals surface area contributed by atoms with Gasteiger partial charge in [0.1, 0.15) is 17.4 Å². The third-order valence-corrected chi connectivity index (χ3v) is 5.70. The summed E-state index contributed by atoms with van der Waals surface area (Å²) in [7, 11) is 0. The van der Waals surface area contributed by atoms with Crippen molar-refractivity contribution >= 4 is 11.7 Å². The molecule has 33 heavy (non-hydrogen) atoms. The van der Waals surface area contributed by atoms with E-state index in [0.717, 1.165) is 30.7 Å². The number of ether oxygens (including phenoxy) is 1. The van der Waals surface area contributed by atoms with Crippen LogP contribution >= 0.6 is 0 Å². The Balaban J connectivity index is 1.44. The molecule has 0 bridgehead atoms. The summed E-state index contributed by atoms with van der Waals surface area (Å²) in [6.45, 7) is 4.15. The first-order valence-corrected chi connectivity index (χ1v) is 11.1. The first kappa shape index (κ1) is 22.5. The summed E-state index contributed by atoms with van der Waals surface area (Å²) >= 11 is 0. The fourth-order valence-corrected chi connectivity index (χ4v) is 4.01. The van der Waals surface area contributed by atoms with Crippen LogP contribution in [0.1, 0.15) is 25.3 Å². The summed E-state index contributed by atoms with van der Waals surface area (Å²) in [5.74, 6) is 0.802. The molecule has 0 saturated carbocycles. The molecule has 1 N–H and O–H groups in total. The van der Waals surface area contributed by atoms with Gasteiger partial charge in [0.2, 0.25) is 5.91 Å². The van der Waals surface area contributed by atoms with Gasteiger partial charge in [-0.1, -0.05) is 18.2 Å². The van der Waals surface area contributed by atoms with Gasteiger partial charge in [0.25, 0.3) is 5.56 Å². The van der Waals surface area contributed by atoms with Crippen molar-refractivity contribution in [2.75, 3.05) is 24.6 Å². The topological polar surface area (TPSA) is 76.5 Å². The fourth-order valence-electron chi connectivity index (χ4n) is 4.01. The number of hydrogen-bond acceptors (Lipinski definition) is 5. The van der Waals surface area contributed by atoms with Crippen molar-refractivity contribution in [3.63, 3.8) is 0 Å². The number of nitrogens with one attached hydrogen (secondary N) is 1. The van der Waals surface area contributed by atoms with E-state index in [-0.39, 0.29) is 23.2 Å². The van der Waals surface area contributed by atoms with Gasteiger partial charge >= 0.3 is 0 Å². The van der Waals surface area contributed by atoms with Crippen LogP contribution < -0.4 is 20.5 Å². The Morgan fingerprint density at radius 1 is 1.15 bits per heavy atom. The number of anilines is 1. The van der Waals surface area contributed by atoms with Crippen LogP contribution in [0.15, 0.2) is 65.5 Å². The quantitative estimate of drug-likeness (QED) is 0.598. The minimum absolute atomic E-state index is 0.0159. The highest BCUT2D eigenvalue weighted by molar-refractivity contribution is 5.79. The van der Waals surface area contributed by atoms with Crippen LogP contribution in [-0.4, -0.2) is 35.4 Å². The number of benzene rings is 2. The van der Waals surface area contributed by atoms with E-state index in [9.17, 15) is 14.0 Å². The number of halogens is 1. The number of aromatic nitrogens is 2. The molecule has 1 aliphatic rings. The molecule has 0 unspecified atom stereocenters. The normalized spacial score (nSPS) is 15.8. The van der Waals surface area contributed by atoms with E-state index >= 15 is 0 Å². The highest BCUT2D eigenvalue weighted by Gasteiger charge is 2.27. The summed E-state index contributed by atoms with van der Waals surface area (Å²) in [5, 5.41) is 7.51. The molecular weight excluding hydrogens is 423 g/mol. The number of carbonyl (C=O) groups excluding carboxylic acids is 1. The van der Waals surface area contributed by atoms with Gasteiger partial charge in [0, 0.05) is 31.3 Å². The van der Waals surface area contributed by atoms with Crippen molar-refractivity contribution < 1.29 is 13.9 Å². The summed E-state index contributed by atoms with van der Waals surface area (Å²) in [6, 6.07) is 16.4. The number of hydrogen-bond donors (Lipinski definition) is 1. The summed E-state index contributed by atoms with van der Waals surface area (Å²) in [5.41, 5.74) is 1.13. The third kappa shape index (κ3) is 5.39. The minimum Gasteiger partial charge on any atom is -0.494 e. The van der Waals surface area contributed by atoms with Crippen LogP contribution in [0.5, 0.6) is 5.75 Å². The van der Waals surface area contributed by atoms with Crippen LogP contribution in [0.3, 0.4) is 0 Å². The van der Waals surface area contributed by atoms with Gasteiger partial charge in [-0.15, -0.1) is 5.10 Å². The second-order valence-corrected chi connectivity index (χ2v) is 7.96. The van der Waals surface area contributed by atoms with E-state index < -0.39 is 0 Å². The fraction of sp³-hybridized carbons (Fsp3) is 0.320. The predicted octanol–water partition coefficient (Wildman–Crippen LogP) is 3.30. The van der Waals surface area contributed by atoms with Gasteiger partial charge in [-0.25, -0.2) is 4.39 Å². The van der Waals surface area contributed by atoms with Gasteiger partial charge in [-0.3, -0.25) is 9.59 Å². The first-order valence-electron chi connectivity index (χ1n) is 11.1. The van der Waals surface area contributed by atoms with Crippen LogP contribution in [0.4, 0.5) is 10.2 Å². The van der Waals surface area contributed by atoms with E-state index in [4.69, 9.17) is 4.74 Å². The Morgan fingerprint density at radius 3 is 2.73 bits per heavy atom. The van der Waals surface area contributed by atoms with Crippen LogP contribution in [0, 0.1) is 11.7 Å². The van der Waals surface area contributed by atoms with Crippen molar-refractivity contribution in [2.45, 2.75) is 26.3 Å². The van der Waals surface area contributed by atoms with Gasteiger partial charge in [-0.2, -0.15) is 4.68 Å². The zero-order valence-electron chi connectivity index (χ0n) is 18.5. The molecule has 0 radical (unpaired) electrons. The average molecular weight is 451 g/mol. The van der Waals surface area contributed by atoms with E-state index in [1.165, 1.54) is 35.0 Å². The van der Waals surface area contributed by atoms with E-state index in [1.54, 1.807) is 6.07 Å². The summed E-state index contributed by atoms with van der Waals surface area (Å²) < 4.78 is 20.2. The summed E-state index contributed by atoms with van der Waals surface area (Å²) in [6.07, 6.45) is 1.62. The molecule has 7 nitrogen and oxygen atoms in total. The minimum atomic E-state index is -0.378. The van der Waals surface area contributed by atoms with E-state index in [2.05, 4.69) is 10.4 Å². The second-order valence-electron chi connectivity index (χ2n) is 7.96. The number of carbonyl (C=O) groups is 1. The number of nitrogens with zero attached hydrogens (tertiary/aromatic N) is 3. The lowest BCUT2D eigenvalue weighted by Gasteiger charge is -2.33. The molecule has 0 spiro atoms. The van der Waals surface area contributed by atoms with Crippen molar-refractivity contribution in [1.82, 2.24) is 15.1 Å². The molecule has 8 heteroatoms. The third-order valence-electron chi connectivity index (χ3n) is 5.70. The molecule has 4 rings (SSSR count). The van der Waals surface area contributed by atoms with Crippen molar-refractivity contribution in [3.05, 3.63) is 82.4 Å². The molecule has 0 aliphatic carbocycles. The molecule has 1 saturated heterocycles. The van der Waals surface area contributed by atoms with Crippen molar-refractivity contribution in [3.8, 4) is 11.4 Å². The Kier molecular flexibility index (Phi) is 7.02. The number of piperidine rings is 1. The first-order chi connectivity index (χ1) is 16.0. The SMILES string of the molecule is CCOc1ccccc1CNC(=O)[C@H]1CCCN(c2ccc(=O)n(-c3ccc(F)cc3)n2)C1. The van der Waals surface area contributed by atoms with Gasteiger partial charge in [-0.05, 0) is 56.2 Å². The van der Waals surface area contributed by atoms with E-state index in [1.807, 2.05) is 36.1 Å². The molecule has 2 heterocycles. The Bertz CT molecular complexity index is 1160. The molecule has 1 amide bonds. The molecule has 1 aromatic heterocycles. The standard InChI is InChI=1S/C25H27FN4O3/c1-2-33-22-8-4-3-6-18(22)16-27-25(32)19-7-5-15-29(17-19)23-13-14-24(31)30(28-23)21-11-9-20(26)10-12-21/h3-4,6,8-14,19H,2,5,7,15-17H2,1H3,(H,27,32)/t19-/m0/s1. The molecule has 172 valence electrons. The number of para-hydroxylation sites is 1. The lowest BCUT2D eigenvalue weighted by atomic mass is 9.97. The smallest absolute Gasteiger partial charge is 0.271 e. The largest absolute Gasteiger partial charge is 0.494 e. The summed E-state index contributed by atoms with van der Waals surface area (Å²) in [4.78, 5) is 27.2. The Morgan fingerprint density at radius 2 is 1.94 bits per heavy atom. The molecular formula is C25H27FN4O3. The molecule has 1 aliphatic heterocycles. The zero-order chi connectivity index (χ0) is 23.2. The predicted molar refractivity (Wildman–Crippen MR) is 124 cm³/mol. The second kappa shape index (κ2) is 10.3. The van der Waals surface area contributed by atoms with Gasteiger partial charge < -0.3 is 15.0 Å². The van der Waals surface area contributed by atoms with Crippen LogP contribution in [-0.2, 0) is 11.3 Å². The number of amides is 1. The maximum atomic E-state index is 13.3. The zero-order valence-corrected chi connectivity index (χ0v) is 18.5.